The maximum absolute atomic E-state index is 12.1. The minimum absolute atomic E-state index is 0.160. The Bertz CT molecular complexity index is 402. The standard InChI is InChI=1S/C16H23NO2/c1-13(2)11-15-9-6-10-17(15)16(18)19-12-14-7-4-3-5-8-14/h3-5,7-8,13,15H,6,9-12H2,1-2H3/t15-/m0/s1. The second-order valence-corrected chi connectivity index (χ2v) is 5.66. The van der Waals surface area contributed by atoms with Crippen molar-refractivity contribution in [2.24, 2.45) is 5.92 Å². The molecule has 1 amide bonds. The highest BCUT2D eigenvalue weighted by atomic mass is 16.6. The van der Waals surface area contributed by atoms with E-state index in [-0.39, 0.29) is 6.09 Å². The Labute approximate surface area is 115 Å². The molecule has 0 bridgehead atoms. The summed E-state index contributed by atoms with van der Waals surface area (Å²) in [6.07, 6.45) is 3.11. The number of carbonyl (C=O) groups excluding carboxylic acids is 1. The Hall–Kier alpha value is -1.51. The number of hydrogen-bond acceptors (Lipinski definition) is 2. The van der Waals surface area contributed by atoms with Crippen molar-refractivity contribution in [3.63, 3.8) is 0 Å². The van der Waals surface area contributed by atoms with Crippen LogP contribution in [0.3, 0.4) is 0 Å². The van der Waals surface area contributed by atoms with Crippen LogP contribution in [0.15, 0.2) is 30.3 Å². The normalized spacial score (nSPS) is 18.9. The van der Waals surface area contributed by atoms with Gasteiger partial charge in [-0.2, -0.15) is 0 Å². The van der Waals surface area contributed by atoms with Crippen molar-refractivity contribution in [2.75, 3.05) is 6.54 Å². The Morgan fingerprint density at radius 3 is 2.79 bits per heavy atom. The number of ether oxygens (including phenoxy) is 1. The SMILES string of the molecule is CC(C)C[C@@H]1CCCN1C(=O)OCc1ccccc1. The lowest BCUT2D eigenvalue weighted by Gasteiger charge is -2.25. The molecule has 2 rings (SSSR count). The van der Waals surface area contributed by atoms with Crippen LogP contribution in [0.1, 0.15) is 38.7 Å². The van der Waals surface area contributed by atoms with E-state index in [4.69, 9.17) is 4.74 Å². The van der Waals surface area contributed by atoms with Crippen molar-refractivity contribution < 1.29 is 9.53 Å². The molecular formula is C16H23NO2. The van der Waals surface area contributed by atoms with Crippen LogP contribution in [0.5, 0.6) is 0 Å². The summed E-state index contributed by atoms with van der Waals surface area (Å²) in [4.78, 5) is 14.0. The molecule has 0 unspecified atom stereocenters. The van der Waals surface area contributed by atoms with Gasteiger partial charge in [-0.25, -0.2) is 4.79 Å². The summed E-state index contributed by atoms with van der Waals surface area (Å²) in [5.74, 6) is 0.618. The third-order valence-corrected chi connectivity index (χ3v) is 3.56. The van der Waals surface area contributed by atoms with Gasteiger partial charge in [-0.05, 0) is 30.7 Å². The molecule has 1 aromatic rings. The van der Waals surface area contributed by atoms with Gasteiger partial charge in [0.05, 0.1) is 0 Å². The van der Waals surface area contributed by atoms with Gasteiger partial charge in [0.15, 0.2) is 0 Å². The topological polar surface area (TPSA) is 29.5 Å². The van der Waals surface area contributed by atoms with E-state index in [1.54, 1.807) is 0 Å². The second-order valence-electron chi connectivity index (χ2n) is 5.66. The average molecular weight is 261 g/mol. The van der Waals surface area contributed by atoms with E-state index < -0.39 is 0 Å². The predicted molar refractivity (Wildman–Crippen MR) is 75.8 cm³/mol. The molecule has 0 saturated carbocycles. The first-order chi connectivity index (χ1) is 9.16. The van der Waals surface area contributed by atoms with Crippen molar-refractivity contribution in [3.8, 4) is 0 Å². The van der Waals surface area contributed by atoms with Gasteiger partial charge in [-0.15, -0.1) is 0 Å². The lowest BCUT2D eigenvalue weighted by molar-refractivity contribution is 0.0889. The molecule has 0 aromatic heterocycles. The number of benzene rings is 1. The predicted octanol–water partition coefficient (Wildman–Crippen LogP) is 3.83. The van der Waals surface area contributed by atoms with E-state index in [1.165, 1.54) is 0 Å². The smallest absolute Gasteiger partial charge is 0.410 e. The summed E-state index contributed by atoms with van der Waals surface area (Å²) in [6, 6.07) is 10.2. The fraction of sp³-hybridized carbons (Fsp3) is 0.562. The van der Waals surface area contributed by atoms with Crippen LogP contribution in [-0.4, -0.2) is 23.6 Å². The Kier molecular flexibility index (Phi) is 4.83. The first-order valence-electron chi connectivity index (χ1n) is 7.14. The summed E-state index contributed by atoms with van der Waals surface area (Å²) in [7, 11) is 0. The monoisotopic (exact) mass is 261 g/mol. The van der Waals surface area contributed by atoms with Gasteiger partial charge < -0.3 is 9.64 Å². The van der Waals surface area contributed by atoms with Crippen molar-refractivity contribution in [3.05, 3.63) is 35.9 Å². The van der Waals surface area contributed by atoms with E-state index in [1.807, 2.05) is 35.2 Å². The molecule has 3 nitrogen and oxygen atoms in total. The zero-order chi connectivity index (χ0) is 13.7. The van der Waals surface area contributed by atoms with Crippen LogP contribution >= 0.6 is 0 Å². The minimum atomic E-state index is -0.160. The molecule has 1 aliphatic heterocycles. The van der Waals surface area contributed by atoms with Gasteiger partial charge in [0.25, 0.3) is 0 Å². The van der Waals surface area contributed by atoms with E-state index in [0.29, 0.717) is 18.6 Å². The molecule has 0 N–H and O–H groups in total. The summed E-state index contributed by atoms with van der Waals surface area (Å²) in [6.45, 7) is 5.60. The first kappa shape index (κ1) is 13.9. The van der Waals surface area contributed by atoms with Gasteiger partial charge >= 0.3 is 6.09 Å². The lowest BCUT2D eigenvalue weighted by atomic mass is 10.0. The van der Waals surface area contributed by atoms with Gasteiger partial charge in [0.1, 0.15) is 6.61 Å². The molecule has 0 spiro atoms. The molecule has 0 aliphatic carbocycles. The Balaban J connectivity index is 1.85. The second kappa shape index (κ2) is 6.60. The number of amides is 1. The fourth-order valence-corrected chi connectivity index (χ4v) is 2.67. The molecule has 104 valence electrons. The summed E-state index contributed by atoms with van der Waals surface area (Å²) in [5.41, 5.74) is 1.04. The number of hydrogen-bond donors (Lipinski definition) is 0. The van der Waals surface area contributed by atoms with Crippen LogP contribution in [0.25, 0.3) is 0 Å². The number of nitrogens with zero attached hydrogens (tertiary/aromatic N) is 1. The molecular weight excluding hydrogens is 238 g/mol. The van der Waals surface area contributed by atoms with E-state index in [9.17, 15) is 4.79 Å². The quantitative estimate of drug-likeness (QED) is 0.824. The number of likely N-dealkylation sites (tertiary alicyclic amines) is 1. The largest absolute Gasteiger partial charge is 0.445 e. The number of rotatable bonds is 4. The molecule has 1 aromatic carbocycles. The summed E-state index contributed by atoms with van der Waals surface area (Å²) >= 11 is 0. The third kappa shape index (κ3) is 3.98. The fourth-order valence-electron chi connectivity index (χ4n) is 2.67. The van der Waals surface area contributed by atoms with Gasteiger partial charge in [-0.1, -0.05) is 44.2 Å². The van der Waals surface area contributed by atoms with Crippen LogP contribution in [0.4, 0.5) is 4.79 Å². The maximum Gasteiger partial charge on any atom is 0.410 e. The van der Waals surface area contributed by atoms with Gasteiger partial charge in [0.2, 0.25) is 0 Å². The minimum Gasteiger partial charge on any atom is -0.445 e. The highest BCUT2D eigenvalue weighted by molar-refractivity contribution is 5.68. The Morgan fingerprint density at radius 2 is 2.11 bits per heavy atom. The first-order valence-corrected chi connectivity index (χ1v) is 7.14. The van der Waals surface area contributed by atoms with Crippen molar-refractivity contribution in [2.45, 2.75) is 45.8 Å². The summed E-state index contributed by atoms with van der Waals surface area (Å²) < 4.78 is 5.41. The highest BCUT2D eigenvalue weighted by Gasteiger charge is 2.30. The molecule has 1 atom stereocenters. The molecule has 3 heteroatoms. The van der Waals surface area contributed by atoms with Crippen LogP contribution in [-0.2, 0) is 11.3 Å². The van der Waals surface area contributed by atoms with E-state index in [2.05, 4.69) is 13.8 Å². The molecule has 1 saturated heterocycles. The highest BCUT2D eigenvalue weighted by Crippen LogP contribution is 2.24. The van der Waals surface area contributed by atoms with E-state index in [0.717, 1.165) is 31.4 Å². The van der Waals surface area contributed by atoms with E-state index >= 15 is 0 Å². The zero-order valence-electron chi connectivity index (χ0n) is 11.8. The molecule has 1 heterocycles. The molecule has 19 heavy (non-hydrogen) atoms. The third-order valence-electron chi connectivity index (χ3n) is 3.56. The molecule has 0 radical (unpaired) electrons. The van der Waals surface area contributed by atoms with Crippen LogP contribution in [0.2, 0.25) is 0 Å². The molecule has 1 fully saturated rings. The average Bonchev–Trinajstić information content (AvgIpc) is 2.84. The van der Waals surface area contributed by atoms with Crippen molar-refractivity contribution in [1.82, 2.24) is 4.90 Å². The van der Waals surface area contributed by atoms with Gasteiger partial charge in [0, 0.05) is 12.6 Å². The molecule has 1 aliphatic rings. The maximum atomic E-state index is 12.1. The van der Waals surface area contributed by atoms with Crippen molar-refractivity contribution >= 4 is 6.09 Å². The van der Waals surface area contributed by atoms with Crippen LogP contribution in [0, 0.1) is 5.92 Å². The van der Waals surface area contributed by atoms with Crippen molar-refractivity contribution in [1.29, 1.82) is 0 Å². The zero-order valence-corrected chi connectivity index (χ0v) is 11.8. The van der Waals surface area contributed by atoms with Gasteiger partial charge in [-0.3, -0.25) is 0 Å². The number of carbonyl (C=O) groups is 1. The van der Waals surface area contributed by atoms with Crippen LogP contribution < -0.4 is 0 Å². The Morgan fingerprint density at radius 1 is 1.37 bits per heavy atom. The summed E-state index contributed by atoms with van der Waals surface area (Å²) in [5, 5.41) is 0. The lowest BCUT2D eigenvalue weighted by Crippen LogP contribution is -2.36.